The van der Waals surface area contributed by atoms with Gasteiger partial charge in [-0.05, 0) is 68.1 Å². The van der Waals surface area contributed by atoms with E-state index < -0.39 is 17.9 Å². The SMILES string of the molecule is C[C@@H]1CN([C@H](C)CO)C(=O)c2cccc(NC(=O)Nc3ccc(F)cc3)c2O[C@@H]1CN(C)Cc1ccc(Cl)c(Cl)c1. The Morgan fingerprint density at radius 3 is 2.56 bits per heavy atom. The summed E-state index contributed by atoms with van der Waals surface area (Å²) in [7, 11) is 1.96. The molecule has 0 unspecified atom stereocenters. The van der Waals surface area contributed by atoms with Crippen molar-refractivity contribution in [3.05, 3.63) is 87.7 Å². The third kappa shape index (κ3) is 7.68. The van der Waals surface area contributed by atoms with Crippen molar-refractivity contribution in [2.45, 2.75) is 32.5 Å². The minimum atomic E-state index is -0.579. The number of hydrogen-bond donors (Lipinski definition) is 3. The van der Waals surface area contributed by atoms with Crippen LogP contribution in [-0.2, 0) is 6.54 Å². The van der Waals surface area contributed by atoms with Crippen molar-refractivity contribution in [3.8, 4) is 5.75 Å². The molecule has 41 heavy (non-hydrogen) atoms. The molecular formula is C30H33Cl2FN4O4. The molecule has 0 fully saturated rings. The highest BCUT2D eigenvalue weighted by molar-refractivity contribution is 6.42. The molecule has 3 amide bonds. The number of nitrogens with zero attached hydrogens (tertiary/aromatic N) is 2. The number of para-hydroxylation sites is 1. The van der Waals surface area contributed by atoms with Crippen molar-refractivity contribution in [1.29, 1.82) is 0 Å². The molecule has 11 heteroatoms. The number of benzene rings is 3. The Kier molecular flexibility index (Phi) is 10.1. The number of hydrogen-bond acceptors (Lipinski definition) is 5. The summed E-state index contributed by atoms with van der Waals surface area (Å²) in [5, 5.41) is 16.3. The lowest BCUT2D eigenvalue weighted by molar-refractivity contribution is 0.0343. The fourth-order valence-corrected chi connectivity index (χ4v) is 5.02. The molecule has 0 saturated carbocycles. The van der Waals surface area contributed by atoms with E-state index in [4.69, 9.17) is 27.9 Å². The standard InChI is InChI=1S/C30H33Cl2FN4O4/c1-18-14-37(19(2)17-38)29(39)23-5-4-6-26(35-30(40)34-22-10-8-21(33)9-11-22)28(23)41-27(18)16-36(3)15-20-7-12-24(31)25(32)13-20/h4-13,18-19,27,38H,14-17H2,1-3H3,(H2,34,35,40)/t18-,19-,27-/m1/s1. The number of halogens is 3. The maximum Gasteiger partial charge on any atom is 0.323 e. The van der Waals surface area contributed by atoms with Crippen LogP contribution in [0.4, 0.5) is 20.6 Å². The van der Waals surface area contributed by atoms with Crippen LogP contribution in [0.2, 0.25) is 10.0 Å². The molecule has 3 aromatic carbocycles. The van der Waals surface area contributed by atoms with Crippen LogP contribution in [0.5, 0.6) is 5.75 Å². The average Bonchev–Trinajstić information content (AvgIpc) is 2.94. The van der Waals surface area contributed by atoms with Crippen LogP contribution in [-0.4, -0.2) is 65.7 Å². The smallest absolute Gasteiger partial charge is 0.323 e. The van der Waals surface area contributed by atoms with E-state index in [1.807, 2.05) is 26.1 Å². The Morgan fingerprint density at radius 2 is 1.88 bits per heavy atom. The minimum absolute atomic E-state index is 0.126. The number of aliphatic hydroxyl groups excluding tert-OH is 1. The molecule has 0 aromatic heterocycles. The van der Waals surface area contributed by atoms with Crippen LogP contribution in [0.3, 0.4) is 0 Å². The fraction of sp³-hybridized carbons (Fsp3) is 0.333. The molecule has 0 radical (unpaired) electrons. The Bertz CT molecular complexity index is 1390. The largest absolute Gasteiger partial charge is 0.486 e. The summed E-state index contributed by atoms with van der Waals surface area (Å²) in [6, 6.07) is 14.8. The Balaban J connectivity index is 1.62. The molecule has 3 atom stereocenters. The first kappa shape index (κ1) is 30.6. The van der Waals surface area contributed by atoms with Crippen molar-refractivity contribution in [1.82, 2.24) is 9.80 Å². The number of carbonyl (C=O) groups excluding carboxylic acids is 2. The maximum absolute atomic E-state index is 13.7. The van der Waals surface area contributed by atoms with Crippen LogP contribution in [0.15, 0.2) is 60.7 Å². The summed E-state index contributed by atoms with van der Waals surface area (Å²) < 4.78 is 19.8. The lowest BCUT2D eigenvalue weighted by atomic mass is 9.99. The number of urea groups is 1. The summed E-state index contributed by atoms with van der Waals surface area (Å²) in [5.74, 6) is -0.614. The van der Waals surface area contributed by atoms with E-state index in [0.29, 0.717) is 41.1 Å². The molecule has 0 aliphatic carbocycles. The Hall–Kier alpha value is -3.37. The summed E-state index contributed by atoms with van der Waals surface area (Å²) >= 11 is 12.3. The highest BCUT2D eigenvalue weighted by atomic mass is 35.5. The number of ether oxygens (including phenoxy) is 1. The molecule has 0 bridgehead atoms. The zero-order valence-electron chi connectivity index (χ0n) is 23.0. The number of amides is 3. The topological polar surface area (TPSA) is 94.1 Å². The highest BCUT2D eigenvalue weighted by Gasteiger charge is 2.34. The lowest BCUT2D eigenvalue weighted by Crippen LogP contribution is -2.49. The van der Waals surface area contributed by atoms with Crippen molar-refractivity contribution >= 4 is 46.5 Å². The second-order valence-corrected chi connectivity index (χ2v) is 11.2. The van der Waals surface area contributed by atoms with Gasteiger partial charge in [-0.15, -0.1) is 0 Å². The number of likely N-dealkylation sites (N-methyl/N-ethyl adjacent to an activating group) is 1. The molecule has 0 saturated heterocycles. The van der Waals surface area contributed by atoms with E-state index in [2.05, 4.69) is 15.5 Å². The van der Waals surface area contributed by atoms with Gasteiger partial charge in [-0.25, -0.2) is 9.18 Å². The molecule has 3 aromatic rings. The van der Waals surface area contributed by atoms with Gasteiger partial charge in [0.05, 0.1) is 33.9 Å². The van der Waals surface area contributed by atoms with Gasteiger partial charge in [-0.1, -0.05) is 42.3 Å². The summed E-state index contributed by atoms with van der Waals surface area (Å²) in [6.45, 7) is 5.02. The maximum atomic E-state index is 13.7. The van der Waals surface area contributed by atoms with E-state index in [9.17, 15) is 19.1 Å². The molecule has 218 valence electrons. The molecule has 0 spiro atoms. The second kappa shape index (κ2) is 13.5. The van der Waals surface area contributed by atoms with Gasteiger partial charge in [0, 0.05) is 31.2 Å². The van der Waals surface area contributed by atoms with Gasteiger partial charge in [0.1, 0.15) is 11.9 Å². The molecule has 8 nitrogen and oxygen atoms in total. The monoisotopic (exact) mass is 602 g/mol. The van der Waals surface area contributed by atoms with E-state index in [-0.39, 0.29) is 35.8 Å². The number of carbonyl (C=O) groups is 2. The first-order valence-electron chi connectivity index (χ1n) is 13.2. The van der Waals surface area contributed by atoms with E-state index >= 15 is 0 Å². The minimum Gasteiger partial charge on any atom is -0.486 e. The predicted molar refractivity (Wildman–Crippen MR) is 159 cm³/mol. The Labute approximate surface area is 249 Å². The summed E-state index contributed by atoms with van der Waals surface area (Å²) in [5.41, 5.74) is 1.96. The normalized spacial score (nSPS) is 17.8. The first-order chi connectivity index (χ1) is 19.5. The van der Waals surface area contributed by atoms with E-state index in [1.54, 1.807) is 36.1 Å². The fourth-order valence-electron chi connectivity index (χ4n) is 4.70. The molecule has 3 N–H and O–H groups in total. The van der Waals surface area contributed by atoms with Crippen LogP contribution in [0.1, 0.15) is 29.8 Å². The zero-order chi connectivity index (χ0) is 29.7. The third-order valence-corrected chi connectivity index (χ3v) is 7.71. The number of nitrogens with one attached hydrogen (secondary N) is 2. The second-order valence-electron chi connectivity index (χ2n) is 10.3. The van der Waals surface area contributed by atoms with Gasteiger partial charge >= 0.3 is 6.03 Å². The van der Waals surface area contributed by atoms with Gasteiger partial charge in [-0.3, -0.25) is 9.69 Å². The van der Waals surface area contributed by atoms with Gasteiger partial charge in [0.15, 0.2) is 5.75 Å². The average molecular weight is 604 g/mol. The number of rotatable bonds is 8. The van der Waals surface area contributed by atoms with Crippen LogP contribution in [0.25, 0.3) is 0 Å². The third-order valence-electron chi connectivity index (χ3n) is 6.97. The molecule has 1 aliphatic heterocycles. The number of fused-ring (bicyclic) bond motifs is 1. The molecule has 1 aliphatic rings. The number of aliphatic hydroxyl groups is 1. The predicted octanol–water partition coefficient (Wildman–Crippen LogP) is 6.13. The molecule has 4 rings (SSSR count). The quantitative estimate of drug-likeness (QED) is 0.288. The van der Waals surface area contributed by atoms with Crippen LogP contribution in [0, 0.1) is 11.7 Å². The van der Waals surface area contributed by atoms with Crippen molar-refractivity contribution < 1.29 is 23.8 Å². The van der Waals surface area contributed by atoms with Crippen LogP contribution >= 0.6 is 23.2 Å². The van der Waals surface area contributed by atoms with Crippen LogP contribution < -0.4 is 15.4 Å². The van der Waals surface area contributed by atoms with Gasteiger partial charge < -0.3 is 25.4 Å². The first-order valence-corrected chi connectivity index (χ1v) is 14.0. The van der Waals surface area contributed by atoms with E-state index in [0.717, 1.165) is 5.56 Å². The Morgan fingerprint density at radius 1 is 1.15 bits per heavy atom. The molecule has 1 heterocycles. The van der Waals surface area contributed by atoms with E-state index in [1.165, 1.54) is 24.3 Å². The van der Waals surface area contributed by atoms with Crippen molar-refractivity contribution in [2.75, 3.05) is 37.4 Å². The van der Waals surface area contributed by atoms with Gasteiger partial charge in [-0.2, -0.15) is 0 Å². The summed E-state index contributed by atoms with van der Waals surface area (Å²) in [6.07, 6.45) is -0.383. The molecular weight excluding hydrogens is 570 g/mol. The summed E-state index contributed by atoms with van der Waals surface area (Å²) in [4.78, 5) is 30.2. The highest BCUT2D eigenvalue weighted by Crippen LogP contribution is 2.35. The van der Waals surface area contributed by atoms with Crippen molar-refractivity contribution in [2.24, 2.45) is 5.92 Å². The number of anilines is 2. The van der Waals surface area contributed by atoms with Gasteiger partial charge in [0.25, 0.3) is 5.91 Å². The lowest BCUT2D eigenvalue weighted by Gasteiger charge is -2.38. The van der Waals surface area contributed by atoms with Gasteiger partial charge in [0.2, 0.25) is 0 Å². The van der Waals surface area contributed by atoms with Crippen molar-refractivity contribution in [3.63, 3.8) is 0 Å². The zero-order valence-corrected chi connectivity index (χ0v) is 24.5.